The molecule has 0 spiro atoms. The van der Waals surface area contributed by atoms with Gasteiger partial charge in [-0.05, 0) is 42.7 Å². The second kappa shape index (κ2) is 9.33. The molecule has 3 aromatic heterocycles. The average molecular weight is 484 g/mol. The summed E-state index contributed by atoms with van der Waals surface area (Å²) >= 11 is 0. The molecular formula is C27H29N7O2. The van der Waals surface area contributed by atoms with Gasteiger partial charge in [0.2, 0.25) is 0 Å². The molecule has 9 nitrogen and oxygen atoms in total. The second-order valence-corrected chi connectivity index (χ2v) is 9.44. The molecule has 9 heteroatoms. The summed E-state index contributed by atoms with van der Waals surface area (Å²) in [5.41, 5.74) is 3.45. The number of rotatable bonds is 7. The van der Waals surface area contributed by atoms with Gasteiger partial charge in [-0.25, -0.2) is 14.5 Å². The van der Waals surface area contributed by atoms with Crippen molar-refractivity contribution in [2.75, 3.05) is 5.32 Å². The molecule has 0 fully saturated rings. The van der Waals surface area contributed by atoms with Crippen LogP contribution < -0.4 is 16.6 Å². The number of hydrogen-bond acceptors (Lipinski definition) is 5. The highest BCUT2D eigenvalue weighted by Crippen LogP contribution is 2.25. The molecule has 0 aliphatic heterocycles. The van der Waals surface area contributed by atoms with Crippen molar-refractivity contribution in [2.24, 2.45) is 13.0 Å². The molecule has 0 radical (unpaired) electrons. The molecule has 0 atom stereocenters. The van der Waals surface area contributed by atoms with E-state index in [1.54, 1.807) is 15.6 Å². The quantitative estimate of drug-likeness (QED) is 0.380. The molecule has 1 N–H and O–H groups in total. The fraction of sp³-hybridized carbons (Fsp3) is 0.259. The Kier molecular flexibility index (Phi) is 6.05. The Balaban J connectivity index is 1.63. The third-order valence-corrected chi connectivity index (χ3v) is 6.09. The molecule has 0 bridgehead atoms. The van der Waals surface area contributed by atoms with Crippen LogP contribution in [0, 0.1) is 12.8 Å². The lowest BCUT2D eigenvalue weighted by Gasteiger charge is -2.12. The summed E-state index contributed by atoms with van der Waals surface area (Å²) in [5, 5.41) is 8.57. The number of nitrogens with one attached hydrogen (secondary N) is 1. The van der Waals surface area contributed by atoms with Crippen LogP contribution in [0.25, 0.3) is 16.7 Å². The number of hydrogen-bond donors (Lipinski definition) is 1. The number of nitrogens with zero attached hydrogens (tertiary/aromatic N) is 6. The van der Waals surface area contributed by atoms with E-state index in [1.807, 2.05) is 86.1 Å². The van der Waals surface area contributed by atoms with Gasteiger partial charge in [-0.2, -0.15) is 5.10 Å². The van der Waals surface area contributed by atoms with Crippen molar-refractivity contribution >= 4 is 22.5 Å². The summed E-state index contributed by atoms with van der Waals surface area (Å²) in [6.45, 7) is 6.91. The SMILES string of the molecule is Cc1cn(-c2ccc(Cn3nc4c(c3Nc3ccccc3)c(=O)n(C)c(=O)n4CC(C)C)cc2)cn1. The Bertz CT molecular complexity index is 1640. The summed E-state index contributed by atoms with van der Waals surface area (Å²) in [6.07, 6.45) is 3.76. The first kappa shape index (κ1) is 23.3. The van der Waals surface area contributed by atoms with E-state index in [9.17, 15) is 9.59 Å². The predicted octanol–water partition coefficient (Wildman–Crippen LogP) is 3.84. The minimum Gasteiger partial charge on any atom is -0.340 e. The van der Waals surface area contributed by atoms with Crippen molar-refractivity contribution in [3.8, 4) is 5.69 Å². The standard InChI is InChI=1S/C27H29N7O2/c1-18(2)14-33-25-23(26(35)31(4)27(33)36)24(29-21-8-6-5-7-9-21)34(30-25)16-20-10-12-22(13-11-20)32-15-19(3)28-17-32/h5-13,15,17-18,29H,14,16H2,1-4H3. The maximum atomic E-state index is 13.3. The fourth-order valence-electron chi connectivity index (χ4n) is 4.30. The smallest absolute Gasteiger partial charge is 0.332 e. The van der Waals surface area contributed by atoms with Gasteiger partial charge < -0.3 is 9.88 Å². The summed E-state index contributed by atoms with van der Waals surface area (Å²) in [6, 6.07) is 17.8. The zero-order valence-corrected chi connectivity index (χ0v) is 20.8. The number of para-hydroxylation sites is 1. The summed E-state index contributed by atoms with van der Waals surface area (Å²) in [4.78, 5) is 30.6. The van der Waals surface area contributed by atoms with Crippen molar-refractivity contribution in [3.63, 3.8) is 0 Å². The van der Waals surface area contributed by atoms with E-state index in [0.29, 0.717) is 29.9 Å². The van der Waals surface area contributed by atoms with E-state index in [4.69, 9.17) is 5.10 Å². The zero-order chi connectivity index (χ0) is 25.4. The topological polar surface area (TPSA) is 91.7 Å². The summed E-state index contributed by atoms with van der Waals surface area (Å²) in [5.74, 6) is 0.766. The first-order chi connectivity index (χ1) is 17.3. The highest BCUT2D eigenvalue weighted by atomic mass is 16.2. The van der Waals surface area contributed by atoms with Gasteiger partial charge in [0, 0.05) is 31.2 Å². The number of anilines is 2. The third kappa shape index (κ3) is 4.35. The Morgan fingerprint density at radius 1 is 1.00 bits per heavy atom. The van der Waals surface area contributed by atoms with Crippen LogP contribution in [0.3, 0.4) is 0 Å². The maximum Gasteiger partial charge on any atom is 0.332 e. The van der Waals surface area contributed by atoms with Gasteiger partial charge in [-0.3, -0.25) is 13.9 Å². The van der Waals surface area contributed by atoms with Crippen LogP contribution >= 0.6 is 0 Å². The number of imidazole rings is 1. The second-order valence-electron chi connectivity index (χ2n) is 9.44. The molecule has 36 heavy (non-hydrogen) atoms. The van der Waals surface area contributed by atoms with E-state index < -0.39 is 0 Å². The minimum atomic E-state index is -0.370. The molecule has 0 unspecified atom stereocenters. The van der Waals surface area contributed by atoms with Crippen LogP contribution in [0.4, 0.5) is 11.5 Å². The van der Waals surface area contributed by atoms with Gasteiger partial charge in [-0.1, -0.05) is 44.2 Å². The van der Waals surface area contributed by atoms with Gasteiger partial charge in [-0.15, -0.1) is 0 Å². The third-order valence-electron chi connectivity index (χ3n) is 6.09. The van der Waals surface area contributed by atoms with E-state index in [1.165, 1.54) is 7.05 Å². The highest BCUT2D eigenvalue weighted by Gasteiger charge is 2.22. The van der Waals surface area contributed by atoms with Gasteiger partial charge in [0.05, 0.1) is 18.6 Å². The molecule has 5 rings (SSSR count). The van der Waals surface area contributed by atoms with Crippen molar-refractivity contribution in [1.82, 2.24) is 28.5 Å². The van der Waals surface area contributed by atoms with Crippen molar-refractivity contribution in [2.45, 2.75) is 33.9 Å². The Morgan fingerprint density at radius 2 is 1.72 bits per heavy atom. The van der Waals surface area contributed by atoms with Crippen molar-refractivity contribution < 1.29 is 0 Å². The van der Waals surface area contributed by atoms with Crippen LogP contribution in [-0.4, -0.2) is 28.5 Å². The van der Waals surface area contributed by atoms with E-state index in [2.05, 4.69) is 10.3 Å². The van der Waals surface area contributed by atoms with E-state index in [0.717, 1.165) is 27.2 Å². The largest absolute Gasteiger partial charge is 0.340 e. The molecule has 5 aromatic rings. The maximum absolute atomic E-state index is 13.3. The molecule has 3 heterocycles. The van der Waals surface area contributed by atoms with Crippen LogP contribution in [-0.2, 0) is 20.1 Å². The Labute approximate surface area is 208 Å². The molecule has 0 aliphatic carbocycles. The van der Waals surface area contributed by atoms with E-state index >= 15 is 0 Å². The zero-order valence-electron chi connectivity index (χ0n) is 20.8. The molecule has 0 aliphatic rings. The molecule has 0 saturated heterocycles. The molecule has 184 valence electrons. The lowest BCUT2D eigenvalue weighted by Crippen LogP contribution is -2.38. The molecule has 0 saturated carbocycles. The molecule has 2 aromatic carbocycles. The Hall–Kier alpha value is -4.40. The molecular weight excluding hydrogens is 454 g/mol. The first-order valence-electron chi connectivity index (χ1n) is 11.9. The van der Waals surface area contributed by atoms with Gasteiger partial charge in [0.1, 0.15) is 11.2 Å². The van der Waals surface area contributed by atoms with Crippen LogP contribution in [0.2, 0.25) is 0 Å². The van der Waals surface area contributed by atoms with Gasteiger partial charge in [0.15, 0.2) is 5.65 Å². The van der Waals surface area contributed by atoms with Crippen molar-refractivity contribution in [3.05, 3.63) is 99.2 Å². The monoisotopic (exact) mass is 483 g/mol. The Morgan fingerprint density at radius 3 is 2.36 bits per heavy atom. The van der Waals surface area contributed by atoms with Gasteiger partial charge in [0.25, 0.3) is 5.56 Å². The fourth-order valence-corrected chi connectivity index (χ4v) is 4.30. The van der Waals surface area contributed by atoms with Crippen LogP contribution in [0.15, 0.2) is 76.7 Å². The van der Waals surface area contributed by atoms with Gasteiger partial charge >= 0.3 is 5.69 Å². The van der Waals surface area contributed by atoms with Crippen LogP contribution in [0.1, 0.15) is 25.1 Å². The average Bonchev–Trinajstić information content (AvgIpc) is 3.45. The number of benzene rings is 2. The normalized spacial score (nSPS) is 11.5. The lowest BCUT2D eigenvalue weighted by atomic mass is 10.2. The molecule has 0 amide bonds. The van der Waals surface area contributed by atoms with Crippen molar-refractivity contribution in [1.29, 1.82) is 0 Å². The number of aryl methyl sites for hydroxylation is 1. The van der Waals surface area contributed by atoms with Crippen LogP contribution in [0.5, 0.6) is 0 Å². The van der Waals surface area contributed by atoms with E-state index in [-0.39, 0.29) is 17.2 Å². The number of aromatic nitrogens is 6. The number of fused-ring (bicyclic) bond motifs is 1. The highest BCUT2D eigenvalue weighted by molar-refractivity contribution is 5.89. The summed E-state index contributed by atoms with van der Waals surface area (Å²) < 4.78 is 6.50. The minimum absolute atomic E-state index is 0.207. The predicted molar refractivity (Wildman–Crippen MR) is 141 cm³/mol. The first-order valence-corrected chi connectivity index (χ1v) is 11.9. The lowest BCUT2D eigenvalue weighted by molar-refractivity contribution is 0.498. The summed E-state index contributed by atoms with van der Waals surface area (Å²) in [7, 11) is 1.51.